The van der Waals surface area contributed by atoms with E-state index in [1.807, 2.05) is 0 Å². The molecule has 0 spiro atoms. The lowest BCUT2D eigenvalue weighted by Crippen LogP contribution is -2.30. The van der Waals surface area contributed by atoms with Gasteiger partial charge in [0.2, 0.25) is 24.0 Å². The van der Waals surface area contributed by atoms with Crippen molar-refractivity contribution >= 4 is 0 Å². The summed E-state index contributed by atoms with van der Waals surface area (Å²) in [6.45, 7) is 6.71. The first-order chi connectivity index (χ1) is 22.6. The fourth-order valence-corrected chi connectivity index (χ4v) is 6.09. The molecule has 4 heteroatoms. The lowest BCUT2D eigenvalue weighted by Gasteiger charge is -2.01. The van der Waals surface area contributed by atoms with Crippen LogP contribution in [0.4, 0.5) is 0 Å². The van der Waals surface area contributed by atoms with Crippen LogP contribution in [0.1, 0.15) is 165 Å². The second-order valence-electron chi connectivity index (χ2n) is 13.4. The zero-order valence-electron chi connectivity index (χ0n) is 30.0. The van der Waals surface area contributed by atoms with Gasteiger partial charge in [-0.1, -0.05) is 128 Å². The third-order valence-corrected chi connectivity index (χ3v) is 9.07. The number of hydrogen-bond donors (Lipinski definition) is 0. The number of benzene rings is 1. The zero-order chi connectivity index (χ0) is 32.7. The molecule has 46 heavy (non-hydrogen) atoms. The molecule has 0 amide bonds. The van der Waals surface area contributed by atoms with Crippen LogP contribution in [-0.4, -0.2) is 9.13 Å². The van der Waals surface area contributed by atoms with E-state index in [1.165, 1.54) is 128 Å². The van der Waals surface area contributed by atoms with E-state index >= 15 is 0 Å². The van der Waals surface area contributed by atoms with Gasteiger partial charge in [0.05, 0.1) is 27.2 Å². The summed E-state index contributed by atoms with van der Waals surface area (Å²) < 4.78 is 8.84. The maximum absolute atomic E-state index is 3.37. The zero-order valence-corrected chi connectivity index (χ0v) is 30.0. The van der Waals surface area contributed by atoms with E-state index in [2.05, 4.69) is 119 Å². The first-order valence-electron chi connectivity index (χ1n) is 18.8. The van der Waals surface area contributed by atoms with Crippen LogP contribution < -0.4 is 9.13 Å². The Morgan fingerprint density at radius 3 is 1.07 bits per heavy atom. The minimum atomic E-state index is 1.01. The van der Waals surface area contributed by atoms with Crippen molar-refractivity contribution in [3.63, 3.8) is 0 Å². The number of rotatable bonds is 22. The van der Waals surface area contributed by atoms with Crippen LogP contribution in [0.15, 0.2) is 49.3 Å². The Morgan fingerprint density at radius 1 is 0.435 bits per heavy atom. The molecule has 0 fully saturated rings. The molecule has 3 rings (SSSR count). The highest BCUT2D eigenvalue weighted by molar-refractivity contribution is 5.45. The lowest BCUT2D eigenvalue weighted by molar-refractivity contribution is -0.697. The molecule has 0 bridgehead atoms. The third kappa shape index (κ3) is 15.4. The predicted octanol–water partition coefficient (Wildman–Crippen LogP) is 9.58. The van der Waals surface area contributed by atoms with Gasteiger partial charge >= 0.3 is 0 Å². The van der Waals surface area contributed by atoms with E-state index in [4.69, 9.17) is 0 Å². The first-order valence-corrected chi connectivity index (χ1v) is 18.8. The van der Waals surface area contributed by atoms with Gasteiger partial charge < -0.3 is 0 Å². The van der Waals surface area contributed by atoms with Gasteiger partial charge in [-0.2, -0.15) is 0 Å². The van der Waals surface area contributed by atoms with Crippen molar-refractivity contribution in [2.75, 3.05) is 0 Å². The summed E-state index contributed by atoms with van der Waals surface area (Å²) in [5.74, 6) is 13.4. The fourth-order valence-electron chi connectivity index (χ4n) is 6.09. The molecule has 1 aromatic carbocycles. The van der Waals surface area contributed by atoms with Crippen molar-refractivity contribution in [3.05, 3.63) is 71.8 Å². The Labute approximate surface area is 282 Å². The molecular formula is C42H64N4+2. The molecule has 3 aromatic rings. The number of hydrogen-bond acceptors (Lipinski definition) is 0. The normalized spacial score (nSPS) is 10.9. The molecule has 250 valence electrons. The Hall–Kier alpha value is -3.24. The van der Waals surface area contributed by atoms with E-state index in [0.717, 1.165) is 35.6 Å². The van der Waals surface area contributed by atoms with E-state index in [9.17, 15) is 0 Å². The monoisotopic (exact) mass is 625 g/mol. The summed E-state index contributed by atoms with van der Waals surface area (Å²) in [7, 11) is 4.17. The summed E-state index contributed by atoms with van der Waals surface area (Å²) in [6, 6.07) is 8.31. The highest BCUT2D eigenvalue weighted by Gasteiger charge is 2.09. The number of unbranched alkanes of at least 4 members (excludes halogenated alkanes) is 18. The number of nitrogens with zero attached hydrogens (tertiary/aromatic N) is 4. The second-order valence-corrected chi connectivity index (χ2v) is 13.4. The predicted molar refractivity (Wildman–Crippen MR) is 193 cm³/mol. The second kappa shape index (κ2) is 23.1. The van der Waals surface area contributed by atoms with Gasteiger partial charge in [-0.25, -0.2) is 18.3 Å². The summed E-state index contributed by atoms with van der Waals surface area (Å²) >= 11 is 0. The Bertz CT molecular complexity index is 1250. The van der Waals surface area contributed by atoms with Gasteiger partial charge in [0.1, 0.15) is 12.4 Å². The Balaban J connectivity index is 1.36. The highest BCUT2D eigenvalue weighted by Crippen LogP contribution is 2.12. The van der Waals surface area contributed by atoms with Gasteiger partial charge in [0.25, 0.3) is 0 Å². The molecule has 2 heterocycles. The molecule has 0 N–H and O–H groups in total. The van der Waals surface area contributed by atoms with Crippen LogP contribution in [0.25, 0.3) is 0 Å². The van der Waals surface area contributed by atoms with Crippen molar-refractivity contribution < 1.29 is 9.13 Å². The molecule has 0 unspecified atom stereocenters. The van der Waals surface area contributed by atoms with E-state index < -0.39 is 0 Å². The quantitative estimate of drug-likeness (QED) is 0.0602. The van der Waals surface area contributed by atoms with Crippen LogP contribution in [0, 0.1) is 23.7 Å². The van der Waals surface area contributed by atoms with E-state index in [-0.39, 0.29) is 0 Å². The molecule has 2 aromatic heterocycles. The van der Waals surface area contributed by atoms with Crippen LogP contribution in [-0.2, 0) is 27.2 Å². The van der Waals surface area contributed by atoms with Crippen LogP contribution in [0.2, 0.25) is 0 Å². The number of aromatic nitrogens is 4. The molecule has 0 atom stereocenters. The summed E-state index contributed by atoms with van der Waals surface area (Å²) in [4.78, 5) is 0. The standard InChI is InChI=1S/C42H64N4/c1-5-7-9-11-13-15-17-19-21-23-33-45-35-41(43(3)37-45)31-29-39-25-27-40(28-26-39)30-32-42-36-46(38-44(42)4)34-24-22-20-18-16-14-12-10-8-6-2/h25-28,35-38H,5-24,33-34H2,1-4H3/q+2. The van der Waals surface area contributed by atoms with Crippen molar-refractivity contribution in [2.45, 2.75) is 155 Å². The van der Waals surface area contributed by atoms with Crippen LogP contribution >= 0.6 is 0 Å². The summed E-state index contributed by atoms with van der Waals surface area (Å²) in [6.07, 6.45) is 36.1. The van der Waals surface area contributed by atoms with Gasteiger partial charge in [0, 0.05) is 11.1 Å². The van der Waals surface area contributed by atoms with Crippen molar-refractivity contribution in [2.24, 2.45) is 14.1 Å². The van der Waals surface area contributed by atoms with Gasteiger partial charge in [-0.15, -0.1) is 0 Å². The largest absolute Gasteiger partial charge is 0.244 e. The SMILES string of the molecule is CCCCCCCCCCCC[n+]1cc(C#Cc2ccc(C#Cc3c[n+](CCCCCCCCCCCC)cn3C)cc2)n(C)c1. The van der Waals surface area contributed by atoms with Crippen molar-refractivity contribution in [1.29, 1.82) is 0 Å². The minimum Gasteiger partial charge on any atom is -0.235 e. The molecular weight excluding hydrogens is 560 g/mol. The number of aryl methyl sites for hydroxylation is 4. The highest BCUT2D eigenvalue weighted by atomic mass is 15.1. The minimum absolute atomic E-state index is 1.01. The molecule has 0 aliphatic rings. The van der Waals surface area contributed by atoms with Crippen molar-refractivity contribution in [1.82, 2.24) is 9.13 Å². The lowest BCUT2D eigenvalue weighted by atomic mass is 10.1. The topological polar surface area (TPSA) is 17.6 Å². The molecule has 0 saturated carbocycles. The Morgan fingerprint density at radius 2 is 0.739 bits per heavy atom. The van der Waals surface area contributed by atoms with E-state index in [1.54, 1.807) is 0 Å². The van der Waals surface area contributed by atoms with Crippen molar-refractivity contribution in [3.8, 4) is 23.7 Å². The maximum atomic E-state index is 3.37. The Kier molecular flexibility index (Phi) is 18.7. The van der Waals surface area contributed by atoms with Gasteiger partial charge in [0.15, 0.2) is 0 Å². The van der Waals surface area contributed by atoms with Crippen LogP contribution in [0.5, 0.6) is 0 Å². The first kappa shape index (κ1) is 37.2. The fraction of sp³-hybridized carbons (Fsp3) is 0.619. The summed E-state index contributed by atoms with van der Waals surface area (Å²) in [5, 5.41) is 0. The molecule has 4 nitrogen and oxygen atoms in total. The summed E-state index contributed by atoms with van der Waals surface area (Å²) in [5.41, 5.74) is 4.12. The molecule has 0 aliphatic heterocycles. The van der Waals surface area contributed by atoms with Gasteiger partial charge in [-0.05, 0) is 61.8 Å². The molecule has 0 aliphatic carbocycles. The van der Waals surface area contributed by atoms with Gasteiger partial charge in [-0.3, -0.25) is 0 Å². The van der Waals surface area contributed by atoms with E-state index in [0.29, 0.717) is 0 Å². The average molecular weight is 625 g/mol. The number of imidazole rings is 2. The average Bonchev–Trinajstić information content (AvgIpc) is 3.61. The molecule has 0 saturated heterocycles. The third-order valence-electron chi connectivity index (χ3n) is 9.07. The van der Waals surface area contributed by atoms with Crippen LogP contribution in [0.3, 0.4) is 0 Å². The molecule has 0 radical (unpaired) electrons. The smallest absolute Gasteiger partial charge is 0.235 e. The maximum Gasteiger partial charge on any atom is 0.244 e.